The summed E-state index contributed by atoms with van der Waals surface area (Å²) in [5, 5.41) is 13.1. The number of benzene rings is 1. The van der Waals surface area contributed by atoms with Crippen LogP contribution < -0.4 is 5.32 Å². The minimum atomic E-state index is -0.250. The van der Waals surface area contributed by atoms with E-state index in [2.05, 4.69) is 29.4 Å². The summed E-state index contributed by atoms with van der Waals surface area (Å²) in [6.07, 6.45) is 0. The van der Waals surface area contributed by atoms with E-state index in [4.69, 9.17) is 0 Å². The molecule has 17 heavy (non-hydrogen) atoms. The quantitative estimate of drug-likeness (QED) is 0.908. The molecule has 3 nitrogen and oxygen atoms in total. The third-order valence-electron chi connectivity index (χ3n) is 2.20. The number of nitrogens with zero attached hydrogens (tertiary/aromatic N) is 2. The molecule has 0 bridgehead atoms. The van der Waals surface area contributed by atoms with E-state index in [1.54, 1.807) is 6.07 Å². The average molecular weight is 251 g/mol. The molecule has 1 heterocycles. The Morgan fingerprint density at radius 1 is 1.35 bits per heavy atom. The van der Waals surface area contributed by atoms with Gasteiger partial charge in [0, 0.05) is 18.2 Å². The standard InChI is InChI=1S/C12H14FN3S/c1-8(2)14-7-11-15-16-12(17-11)9-4-3-5-10(13)6-9/h3-6,8,14H,7H2,1-2H3. The van der Waals surface area contributed by atoms with Crippen molar-refractivity contribution in [3.05, 3.63) is 35.1 Å². The van der Waals surface area contributed by atoms with Crippen LogP contribution in [-0.2, 0) is 6.54 Å². The van der Waals surface area contributed by atoms with Crippen LogP contribution in [0.5, 0.6) is 0 Å². The Morgan fingerprint density at radius 3 is 2.88 bits per heavy atom. The molecular weight excluding hydrogens is 237 g/mol. The van der Waals surface area contributed by atoms with Crippen molar-refractivity contribution < 1.29 is 4.39 Å². The average Bonchev–Trinajstić information content (AvgIpc) is 2.75. The second kappa shape index (κ2) is 5.33. The molecule has 0 aliphatic heterocycles. The molecule has 1 aromatic carbocycles. The highest BCUT2D eigenvalue weighted by molar-refractivity contribution is 7.14. The number of hydrogen-bond acceptors (Lipinski definition) is 4. The number of rotatable bonds is 4. The highest BCUT2D eigenvalue weighted by atomic mass is 32.1. The maximum Gasteiger partial charge on any atom is 0.147 e. The van der Waals surface area contributed by atoms with Gasteiger partial charge in [0.25, 0.3) is 0 Å². The lowest BCUT2D eigenvalue weighted by Crippen LogP contribution is -2.21. The van der Waals surface area contributed by atoms with Gasteiger partial charge in [0.2, 0.25) is 0 Å². The van der Waals surface area contributed by atoms with Gasteiger partial charge in [-0.3, -0.25) is 0 Å². The smallest absolute Gasteiger partial charge is 0.147 e. The molecule has 1 N–H and O–H groups in total. The molecule has 0 saturated carbocycles. The molecule has 0 aliphatic rings. The van der Waals surface area contributed by atoms with Gasteiger partial charge in [0.1, 0.15) is 15.8 Å². The molecule has 0 atom stereocenters. The summed E-state index contributed by atoms with van der Waals surface area (Å²) in [4.78, 5) is 0. The van der Waals surface area contributed by atoms with Crippen LogP contribution in [0.25, 0.3) is 10.6 Å². The minimum Gasteiger partial charge on any atom is -0.308 e. The van der Waals surface area contributed by atoms with Gasteiger partial charge in [-0.2, -0.15) is 0 Å². The Bertz CT molecular complexity index is 496. The summed E-state index contributed by atoms with van der Waals surface area (Å²) in [7, 11) is 0. The monoisotopic (exact) mass is 251 g/mol. The van der Waals surface area contributed by atoms with E-state index in [1.165, 1.54) is 23.5 Å². The van der Waals surface area contributed by atoms with Crippen LogP contribution in [0.15, 0.2) is 24.3 Å². The van der Waals surface area contributed by atoms with Crippen molar-refractivity contribution in [2.45, 2.75) is 26.4 Å². The molecule has 0 unspecified atom stereocenters. The van der Waals surface area contributed by atoms with Gasteiger partial charge in [0.15, 0.2) is 0 Å². The molecule has 2 rings (SSSR count). The lowest BCUT2D eigenvalue weighted by atomic mass is 10.2. The fourth-order valence-corrected chi connectivity index (χ4v) is 2.14. The maximum atomic E-state index is 13.1. The lowest BCUT2D eigenvalue weighted by Gasteiger charge is -2.03. The Morgan fingerprint density at radius 2 is 2.18 bits per heavy atom. The third-order valence-corrected chi connectivity index (χ3v) is 3.17. The Balaban J connectivity index is 2.12. The molecular formula is C12H14FN3S. The van der Waals surface area contributed by atoms with Crippen LogP contribution in [0.4, 0.5) is 4.39 Å². The predicted molar refractivity (Wildman–Crippen MR) is 67.3 cm³/mol. The van der Waals surface area contributed by atoms with E-state index < -0.39 is 0 Å². The molecule has 0 aliphatic carbocycles. The first-order valence-corrected chi connectivity index (χ1v) is 6.28. The van der Waals surface area contributed by atoms with Gasteiger partial charge in [0.05, 0.1) is 0 Å². The van der Waals surface area contributed by atoms with E-state index in [9.17, 15) is 4.39 Å². The fraction of sp³-hybridized carbons (Fsp3) is 0.333. The van der Waals surface area contributed by atoms with Crippen molar-refractivity contribution in [2.75, 3.05) is 0 Å². The van der Waals surface area contributed by atoms with E-state index in [-0.39, 0.29) is 5.82 Å². The SMILES string of the molecule is CC(C)NCc1nnc(-c2cccc(F)c2)s1. The lowest BCUT2D eigenvalue weighted by molar-refractivity contribution is 0.585. The van der Waals surface area contributed by atoms with Crippen molar-refractivity contribution in [2.24, 2.45) is 0 Å². The molecule has 0 fully saturated rings. The van der Waals surface area contributed by atoms with Crippen LogP contribution >= 0.6 is 11.3 Å². The van der Waals surface area contributed by atoms with Crippen LogP contribution in [-0.4, -0.2) is 16.2 Å². The van der Waals surface area contributed by atoms with Crippen molar-refractivity contribution >= 4 is 11.3 Å². The van der Waals surface area contributed by atoms with Gasteiger partial charge in [-0.1, -0.05) is 37.3 Å². The summed E-state index contributed by atoms with van der Waals surface area (Å²) in [6.45, 7) is 4.85. The fourth-order valence-electron chi connectivity index (χ4n) is 1.35. The largest absolute Gasteiger partial charge is 0.308 e. The van der Waals surface area contributed by atoms with Crippen LogP contribution in [0.1, 0.15) is 18.9 Å². The third kappa shape index (κ3) is 3.31. The highest BCUT2D eigenvalue weighted by Gasteiger charge is 2.07. The molecule has 0 radical (unpaired) electrons. The molecule has 0 spiro atoms. The summed E-state index contributed by atoms with van der Waals surface area (Å²) in [5.41, 5.74) is 0.776. The van der Waals surface area contributed by atoms with Gasteiger partial charge in [-0.05, 0) is 12.1 Å². The van der Waals surface area contributed by atoms with Crippen molar-refractivity contribution in [3.63, 3.8) is 0 Å². The van der Waals surface area contributed by atoms with Crippen LogP contribution in [0, 0.1) is 5.82 Å². The second-order valence-corrected chi connectivity index (χ2v) is 5.11. The summed E-state index contributed by atoms with van der Waals surface area (Å²) in [6, 6.07) is 6.82. The number of halogens is 1. The Labute approximate surface area is 104 Å². The summed E-state index contributed by atoms with van der Waals surface area (Å²) >= 11 is 1.49. The summed E-state index contributed by atoms with van der Waals surface area (Å²) in [5.74, 6) is -0.250. The first-order valence-electron chi connectivity index (χ1n) is 5.47. The van der Waals surface area contributed by atoms with E-state index in [0.29, 0.717) is 12.6 Å². The van der Waals surface area contributed by atoms with E-state index >= 15 is 0 Å². The van der Waals surface area contributed by atoms with Gasteiger partial charge in [-0.15, -0.1) is 10.2 Å². The second-order valence-electron chi connectivity index (χ2n) is 4.05. The zero-order valence-electron chi connectivity index (χ0n) is 9.77. The van der Waals surface area contributed by atoms with E-state index in [0.717, 1.165) is 15.6 Å². The zero-order valence-corrected chi connectivity index (χ0v) is 10.6. The number of hydrogen-bond donors (Lipinski definition) is 1. The zero-order chi connectivity index (χ0) is 12.3. The molecule has 2 aromatic rings. The highest BCUT2D eigenvalue weighted by Crippen LogP contribution is 2.23. The number of aromatic nitrogens is 2. The maximum absolute atomic E-state index is 13.1. The van der Waals surface area contributed by atoms with Crippen molar-refractivity contribution in [1.82, 2.24) is 15.5 Å². The van der Waals surface area contributed by atoms with Crippen LogP contribution in [0.2, 0.25) is 0 Å². The van der Waals surface area contributed by atoms with E-state index in [1.807, 2.05) is 6.07 Å². The molecule has 0 saturated heterocycles. The van der Waals surface area contributed by atoms with Crippen molar-refractivity contribution in [3.8, 4) is 10.6 Å². The Hall–Kier alpha value is -1.33. The van der Waals surface area contributed by atoms with Gasteiger partial charge < -0.3 is 5.32 Å². The minimum absolute atomic E-state index is 0.250. The van der Waals surface area contributed by atoms with Gasteiger partial charge in [-0.25, -0.2) is 4.39 Å². The number of nitrogens with one attached hydrogen (secondary N) is 1. The molecule has 90 valence electrons. The molecule has 1 aromatic heterocycles. The first-order chi connectivity index (χ1) is 8.15. The first kappa shape index (κ1) is 12.1. The molecule has 5 heteroatoms. The Kier molecular flexibility index (Phi) is 3.81. The topological polar surface area (TPSA) is 37.8 Å². The predicted octanol–water partition coefficient (Wildman–Crippen LogP) is 2.84. The van der Waals surface area contributed by atoms with Crippen molar-refractivity contribution in [1.29, 1.82) is 0 Å². The van der Waals surface area contributed by atoms with Gasteiger partial charge >= 0.3 is 0 Å². The normalized spacial score (nSPS) is 11.1. The van der Waals surface area contributed by atoms with Crippen LogP contribution in [0.3, 0.4) is 0 Å². The molecule has 0 amide bonds. The summed E-state index contributed by atoms with van der Waals surface area (Å²) < 4.78 is 13.1.